The molecule has 0 N–H and O–H groups in total. The van der Waals surface area contributed by atoms with Crippen molar-refractivity contribution in [1.82, 2.24) is 14.8 Å². The van der Waals surface area contributed by atoms with Crippen molar-refractivity contribution in [3.8, 4) is 0 Å². The summed E-state index contributed by atoms with van der Waals surface area (Å²) < 4.78 is 13.4. The van der Waals surface area contributed by atoms with Gasteiger partial charge in [-0.1, -0.05) is 18.2 Å². The van der Waals surface area contributed by atoms with E-state index in [9.17, 15) is 18.8 Å². The number of thioether (sulfide) groups is 1. The number of amides is 3. The summed E-state index contributed by atoms with van der Waals surface area (Å²) in [7, 11) is 0. The summed E-state index contributed by atoms with van der Waals surface area (Å²) in [6, 6.07) is 9.43. The van der Waals surface area contributed by atoms with Gasteiger partial charge in [-0.15, -0.1) is 0 Å². The number of likely N-dealkylation sites (tertiary alicyclic amines) is 1. The van der Waals surface area contributed by atoms with Gasteiger partial charge in [0.1, 0.15) is 12.4 Å². The first-order valence-electron chi connectivity index (χ1n) is 9.73. The quantitative estimate of drug-likeness (QED) is 0.693. The molecule has 0 bridgehead atoms. The molecule has 6 nitrogen and oxygen atoms in total. The molecule has 3 heterocycles. The van der Waals surface area contributed by atoms with Crippen LogP contribution >= 0.6 is 11.8 Å². The first-order valence-corrected chi connectivity index (χ1v) is 10.5. The zero-order valence-electron chi connectivity index (χ0n) is 16.2. The Morgan fingerprint density at radius 3 is 2.87 bits per heavy atom. The summed E-state index contributed by atoms with van der Waals surface area (Å²) in [6.07, 6.45) is 7.60. The lowest BCUT2D eigenvalue weighted by molar-refractivity contribution is -0.138. The second-order valence-electron chi connectivity index (χ2n) is 7.21. The van der Waals surface area contributed by atoms with Gasteiger partial charge in [-0.25, -0.2) is 4.39 Å². The van der Waals surface area contributed by atoms with E-state index in [2.05, 4.69) is 4.98 Å². The standard InChI is InChI=1S/C22H20FN3O3S/c23-17-7-3-5-15(11-17)12-19-21(28)26(22(29)30-19)14-20(27)25-10-2-1-8-18(25)16-6-4-9-24-13-16/h3-7,9,11-13,18H,1-2,8,10,14H2/b19-12-. The van der Waals surface area contributed by atoms with Crippen molar-refractivity contribution in [3.63, 3.8) is 0 Å². The number of aromatic nitrogens is 1. The van der Waals surface area contributed by atoms with Crippen LogP contribution in [0.1, 0.15) is 36.4 Å². The van der Waals surface area contributed by atoms with Crippen LogP contribution in [0.5, 0.6) is 0 Å². The predicted octanol–water partition coefficient (Wildman–Crippen LogP) is 4.01. The molecule has 0 spiro atoms. The van der Waals surface area contributed by atoms with Crippen molar-refractivity contribution >= 4 is 34.9 Å². The van der Waals surface area contributed by atoms with Gasteiger partial charge in [0, 0.05) is 18.9 Å². The van der Waals surface area contributed by atoms with Crippen molar-refractivity contribution in [2.45, 2.75) is 25.3 Å². The number of pyridine rings is 1. The third kappa shape index (κ3) is 4.28. The van der Waals surface area contributed by atoms with E-state index in [4.69, 9.17) is 0 Å². The number of hydrogen-bond acceptors (Lipinski definition) is 5. The number of hydrogen-bond donors (Lipinski definition) is 0. The van der Waals surface area contributed by atoms with Crippen LogP contribution in [0.4, 0.5) is 9.18 Å². The molecular weight excluding hydrogens is 405 g/mol. The van der Waals surface area contributed by atoms with Crippen LogP contribution in [0.25, 0.3) is 6.08 Å². The zero-order valence-corrected chi connectivity index (χ0v) is 17.0. The molecule has 154 valence electrons. The van der Waals surface area contributed by atoms with Crippen molar-refractivity contribution in [3.05, 3.63) is 70.6 Å². The number of carbonyl (C=O) groups excluding carboxylic acids is 3. The Kier molecular flexibility index (Phi) is 5.94. The van der Waals surface area contributed by atoms with Crippen molar-refractivity contribution < 1.29 is 18.8 Å². The number of halogens is 1. The Bertz CT molecular complexity index is 1010. The summed E-state index contributed by atoms with van der Waals surface area (Å²) in [5, 5.41) is -0.494. The summed E-state index contributed by atoms with van der Waals surface area (Å²) in [6.45, 7) is 0.273. The molecule has 1 unspecified atom stereocenters. The lowest BCUT2D eigenvalue weighted by Gasteiger charge is -2.36. The highest BCUT2D eigenvalue weighted by Gasteiger charge is 2.38. The van der Waals surface area contributed by atoms with E-state index in [-0.39, 0.29) is 23.4 Å². The molecule has 2 aromatic rings. The van der Waals surface area contributed by atoms with Crippen LogP contribution in [0.15, 0.2) is 53.7 Å². The average molecular weight is 425 g/mol. The number of carbonyl (C=O) groups is 3. The molecule has 30 heavy (non-hydrogen) atoms. The summed E-state index contributed by atoms with van der Waals surface area (Å²) in [4.78, 5) is 45.2. The number of nitrogens with zero attached hydrogens (tertiary/aromatic N) is 3. The number of rotatable bonds is 4. The maximum Gasteiger partial charge on any atom is 0.294 e. The molecule has 8 heteroatoms. The number of imide groups is 1. The van der Waals surface area contributed by atoms with E-state index >= 15 is 0 Å². The fraction of sp³-hybridized carbons (Fsp3) is 0.273. The van der Waals surface area contributed by atoms with Crippen LogP contribution in [0.3, 0.4) is 0 Å². The summed E-state index contributed by atoms with van der Waals surface area (Å²) in [5.41, 5.74) is 1.44. The van der Waals surface area contributed by atoms with Gasteiger partial charge >= 0.3 is 0 Å². The minimum Gasteiger partial charge on any atom is -0.334 e. The van der Waals surface area contributed by atoms with Gasteiger partial charge in [0.25, 0.3) is 11.1 Å². The molecule has 0 saturated carbocycles. The minimum absolute atomic E-state index is 0.109. The van der Waals surface area contributed by atoms with Crippen LogP contribution in [-0.4, -0.2) is 44.9 Å². The van der Waals surface area contributed by atoms with E-state index in [0.29, 0.717) is 12.1 Å². The molecule has 3 amide bonds. The molecule has 0 aliphatic carbocycles. The first-order chi connectivity index (χ1) is 14.5. The van der Waals surface area contributed by atoms with Crippen molar-refractivity contribution in [2.75, 3.05) is 13.1 Å². The molecule has 2 aliphatic heterocycles. The molecule has 1 aromatic carbocycles. The Hall–Kier alpha value is -3.00. The van der Waals surface area contributed by atoms with Gasteiger partial charge in [0.05, 0.1) is 10.9 Å². The monoisotopic (exact) mass is 425 g/mol. The molecule has 4 rings (SSSR count). The minimum atomic E-state index is -0.530. The molecule has 2 aliphatic rings. The van der Waals surface area contributed by atoms with E-state index in [1.54, 1.807) is 23.4 Å². The second kappa shape index (κ2) is 8.79. The topological polar surface area (TPSA) is 70.6 Å². The molecule has 1 atom stereocenters. The van der Waals surface area contributed by atoms with Gasteiger partial charge in [0.2, 0.25) is 5.91 Å². The third-order valence-corrected chi connectivity index (χ3v) is 6.11. The highest BCUT2D eigenvalue weighted by molar-refractivity contribution is 8.18. The first kappa shape index (κ1) is 20.3. The summed E-state index contributed by atoms with van der Waals surface area (Å²) >= 11 is 0.764. The Morgan fingerprint density at radius 2 is 2.10 bits per heavy atom. The second-order valence-corrected chi connectivity index (χ2v) is 8.20. The average Bonchev–Trinajstić information content (AvgIpc) is 3.01. The van der Waals surface area contributed by atoms with E-state index in [0.717, 1.165) is 41.5 Å². The fourth-order valence-electron chi connectivity index (χ4n) is 3.76. The van der Waals surface area contributed by atoms with Gasteiger partial charge in [-0.05, 0) is 66.4 Å². The van der Waals surface area contributed by atoms with Gasteiger partial charge in [-0.3, -0.25) is 24.3 Å². The highest BCUT2D eigenvalue weighted by atomic mass is 32.2. The van der Waals surface area contributed by atoms with Gasteiger partial charge in [0.15, 0.2) is 0 Å². The fourth-order valence-corrected chi connectivity index (χ4v) is 4.60. The molecular formula is C22H20FN3O3S. The molecule has 1 aromatic heterocycles. The van der Waals surface area contributed by atoms with E-state index in [1.165, 1.54) is 24.3 Å². The highest BCUT2D eigenvalue weighted by Crippen LogP contribution is 2.34. The van der Waals surface area contributed by atoms with E-state index in [1.807, 2.05) is 12.1 Å². The summed E-state index contributed by atoms with van der Waals surface area (Å²) in [5.74, 6) is -1.22. The zero-order chi connectivity index (χ0) is 21.1. The van der Waals surface area contributed by atoms with E-state index < -0.39 is 17.0 Å². The van der Waals surface area contributed by atoms with Crippen molar-refractivity contribution in [2.24, 2.45) is 0 Å². The normalized spacial score (nSPS) is 20.8. The Balaban J connectivity index is 1.49. The third-order valence-electron chi connectivity index (χ3n) is 5.21. The van der Waals surface area contributed by atoms with Crippen LogP contribution in [0, 0.1) is 5.82 Å². The maximum absolute atomic E-state index is 13.4. The molecule has 0 radical (unpaired) electrons. The number of benzene rings is 1. The van der Waals surface area contributed by atoms with Gasteiger partial charge < -0.3 is 4.90 Å². The largest absolute Gasteiger partial charge is 0.334 e. The Morgan fingerprint density at radius 1 is 1.23 bits per heavy atom. The number of piperidine rings is 1. The molecule has 2 saturated heterocycles. The van der Waals surface area contributed by atoms with Gasteiger partial charge in [-0.2, -0.15) is 0 Å². The lowest BCUT2D eigenvalue weighted by atomic mass is 9.96. The predicted molar refractivity (Wildman–Crippen MR) is 112 cm³/mol. The smallest absolute Gasteiger partial charge is 0.294 e. The Labute approximate surface area is 177 Å². The van der Waals surface area contributed by atoms with Crippen molar-refractivity contribution in [1.29, 1.82) is 0 Å². The maximum atomic E-state index is 13.4. The van der Waals surface area contributed by atoms with Crippen LogP contribution < -0.4 is 0 Å². The molecule has 2 fully saturated rings. The van der Waals surface area contributed by atoms with Crippen LogP contribution in [0.2, 0.25) is 0 Å². The van der Waals surface area contributed by atoms with Crippen LogP contribution in [-0.2, 0) is 9.59 Å². The SMILES string of the molecule is O=C1S/C(=C\c2cccc(F)c2)C(=O)N1CC(=O)N1CCCCC1c1cccnc1. The lowest BCUT2D eigenvalue weighted by Crippen LogP contribution is -2.45.